The van der Waals surface area contributed by atoms with E-state index in [0.717, 1.165) is 0 Å². The van der Waals surface area contributed by atoms with Gasteiger partial charge in [-0.3, -0.25) is 9.59 Å². The van der Waals surface area contributed by atoms with E-state index in [2.05, 4.69) is 5.32 Å². The number of nitrogens with zero attached hydrogens (tertiary/aromatic N) is 1. The third-order valence-corrected chi connectivity index (χ3v) is 6.44. The van der Waals surface area contributed by atoms with Crippen molar-refractivity contribution < 1.29 is 18.5 Å². The number of nitrogens with one attached hydrogen (secondary N) is 1. The first-order valence-corrected chi connectivity index (χ1v) is 10.6. The van der Waals surface area contributed by atoms with E-state index in [0.29, 0.717) is 44.6 Å². The number of fused-ring (bicyclic) bond motifs is 2. The number of carbonyl (C=O) groups is 2. The summed E-state index contributed by atoms with van der Waals surface area (Å²) >= 11 is 0. The van der Waals surface area contributed by atoms with Crippen molar-refractivity contribution in [3.8, 4) is 5.75 Å². The average Bonchev–Trinajstić information content (AvgIpc) is 2.87. The predicted octanol–water partition coefficient (Wildman–Crippen LogP) is 4.09. The molecule has 6 nitrogen and oxygen atoms in total. The fourth-order valence-corrected chi connectivity index (χ4v) is 4.74. The van der Waals surface area contributed by atoms with Gasteiger partial charge in [0, 0.05) is 17.8 Å². The van der Waals surface area contributed by atoms with E-state index >= 15 is 0 Å². The van der Waals surface area contributed by atoms with Crippen molar-refractivity contribution >= 4 is 34.0 Å². The fourth-order valence-electron chi connectivity index (χ4n) is 3.40. The van der Waals surface area contributed by atoms with Crippen LogP contribution in [0.5, 0.6) is 5.75 Å². The molecule has 0 aliphatic carbocycles. The third kappa shape index (κ3) is 3.48. The molecule has 0 saturated carbocycles. The van der Waals surface area contributed by atoms with E-state index < -0.39 is 10.8 Å². The lowest BCUT2D eigenvalue weighted by Gasteiger charge is -2.21. The van der Waals surface area contributed by atoms with Gasteiger partial charge in [0.2, 0.25) is 0 Å². The molecule has 0 spiro atoms. The molecule has 1 atom stereocenters. The van der Waals surface area contributed by atoms with E-state index in [-0.39, 0.29) is 11.8 Å². The molecule has 1 heterocycles. The molecule has 3 aromatic carbocycles. The van der Waals surface area contributed by atoms with Gasteiger partial charge in [-0.1, -0.05) is 12.1 Å². The molecule has 2 amide bonds. The second kappa shape index (κ2) is 8.12. The number of methoxy groups -OCH3 is 1. The highest BCUT2D eigenvalue weighted by Crippen LogP contribution is 2.35. The largest absolute Gasteiger partial charge is 0.497 e. The van der Waals surface area contributed by atoms with Crippen molar-refractivity contribution in [1.82, 2.24) is 0 Å². The fraction of sp³-hybridized carbons (Fsp3) is 0.130. The first-order valence-electron chi connectivity index (χ1n) is 9.45. The second-order valence-corrected chi connectivity index (χ2v) is 8.10. The molecule has 7 heteroatoms. The zero-order valence-corrected chi connectivity index (χ0v) is 17.4. The molecule has 4 rings (SSSR count). The van der Waals surface area contributed by atoms with Gasteiger partial charge in [-0.15, -0.1) is 0 Å². The van der Waals surface area contributed by atoms with Crippen molar-refractivity contribution in [3.63, 3.8) is 0 Å². The van der Waals surface area contributed by atoms with Crippen LogP contribution in [0.3, 0.4) is 0 Å². The van der Waals surface area contributed by atoms with E-state index in [1.807, 2.05) is 6.92 Å². The molecular weight excluding hydrogens is 400 g/mol. The molecule has 30 heavy (non-hydrogen) atoms. The van der Waals surface area contributed by atoms with Crippen LogP contribution in [0.4, 0.5) is 11.4 Å². The van der Waals surface area contributed by atoms with Gasteiger partial charge in [-0.25, -0.2) is 4.21 Å². The van der Waals surface area contributed by atoms with E-state index in [1.165, 1.54) is 0 Å². The van der Waals surface area contributed by atoms with Gasteiger partial charge < -0.3 is 15.0 Å². The molecule has 0 fully saturated rings. The summed E-state index contributed by atoms with van der Waals surface area (Å²) in [5.41, 5.74) is 1.89. The predicted molar refractivity (Wildman–Crippen MR) is 116 cm³/mol. The summed E-state index contributed by atoms with van der Waals surface area (Å²) in [6, 6.07) is 18.8. The zero-order valence-electron chi connectivity index (χ0n) is 16.5. The minimum Gasteiger partial charge on any atom is -0.497 e. The maximum atomic E-state index is 13.2. The van der Waals surface area contributed by atoms with Crippen LogP contribution < -0.4 is 15.0 Å². The van der Waals surface area contributed by atoms with E-state index in [1.54, 1.807) is 78.7 Å². The number of hydrogen-bond acceptors (Lipinski definition) is 4. The molecular formula is C23H20N2O4S. The first kappa shape index (κ1) is 19.8. The quantitative estimate of drug-likeness (QED) is 0.690. The SMILES string of the molecule is CCN1C(=O)c2ccccc2S(=O)c2ccc(C(=O)Nc3ccc(OC)cc3)cc21. The van der Waals surface area contributed by atoms with Gasteiger partial charge in [0.15, 0.2) is 0 Å². The lowest BCUT2D eigenvalue weighted by Crippen LogP contribution is -2.30. The normalized spacial score (nSPS) is 15.1. The van der Waals surface area contributed by atoms with Crippen LogP contribution in [0.25, 0.3) is 0 Å². The average molecular weight is 420 g/mol. The van der Waals surface area contributed by atoms with Crippen LogP contribution in [0, 0.1) is 0 Å². The monoisotopic (exact) mass is 420 g/mol. The third-order valence-electron chi connectivity index (χ3n) is 4.94. The number of benzene rings is 3. The Bertz CT molecular complexity index is 1160. The van der Waals surface area contributed by atoms with Crippen LogP contribution in [0.1, 0.15) is 27.6 Å². The molecule has 0 saturated heterocycles. The summed E-state index contributed by atoms with van der Waals surface area (Å²) in [5.74, 6) is 0.143. The van der Waals surface area contributed by atoms with Crippen LogP contribution in [-0.2, 0) is 10.8 Å². The summed E-state index contributed by atoms with van der Waals surface area (Å²) in [4.78, 5) is 28.4. The molecule has 1 aliphatic rings. The minimum atomic E-state index is -1.52. The smallest absolute Gasteiger partial charge is 0.259 e. The standard InChI is InChI=1S/C23H20N2O4S/c1-3-25-19-14-15(22(26)24-16-9-11-17(29-2)12-10-16)8-13-21(19)30(28)20-7-5-4-6-18(20)23(25)27/h4-14H,3H2,1-2H3,(H,24,26). The Balaban J connectivity index is 1.71. The number of ether oxygens (including phenoxy) is 1. The summed E-state index contributed by atoms with van der Waals surface area (Å²) in [6.07, 6.45) is 0. The number of amides is 2. The highest BCUT2D eigenvalue weighted by atomic mass is 32.2. The van der Waals surface area contributed by atoms with Gasteiger partial charge in [-0.05, 0) is 61.5 Å². The first-order chi connectivity index (χ1) is 14.5. The Kier molecular flexibility index (Phi) is 5.37. The van der Waals surface area contributed by atoms with Crippen molar-refractivity contribution in [3.05, 3.63) is 77.9 Å². The molecule has 0 aromatic heterocycles. The zero-order chi connectivity index (χ0) is 21.3. The lowest BCUT2D eigenvalue weighted by atomic mass is 10.1. The van der Waals surface area contributed by atoms with Crippen LogP contribution in [0.2, 0.25) is 0 Å². The molecule has 0 radical (unpaired) electrons. The van der Waals surface area contributed by atoms with Gasteiger partial charge >= 0.3 is 0 Å². The number of anilines is 2. The molecule has 152 valence electrons. The molecule has 1 N–H and O–H groups in total. The maximum absolute atomic E-state index is 13.2. The highest BCUT2D eigenvalue weighted by molar-refractivity contribution is 7.85. The highest BCUT2D eigenvalue weighted by Gasteiger charge is 2.30. The Labute approximate surface area is 176 Å². The van der Waals surface area contributed by atoms with Crippen molar-refractivity contribution in [1.29, 1.82) is 0 Å². The second-order valence-electron chi connectivity index (χ2n) is 6.68. The number of rotatable bonds is 4. The maximum Gasteiger partial charge on any atom is 0.259 e. The summed E-state index contributed by atoms with van der Waals surface area (Å²) in [5, 5.41) is 2.83. The van der Waals surface area contributed by atoms with Crippen molar-refractivity contribution in [2.75, 3.05) is 23.9 Å². The van der Waals surface area contributed by atoms with Crippen molar-refractivity contribution in [2.45, 2.75) is 16.7 Å². The molecule has 0 bridgehead atoms. The summed E-state index contributed by atoms with van der Waals surface area (Å²) in [7, 11) is 0.0539. The van der Waals surface area contributed by atoms with Gasteiger partial charge in [-0.2, -0.15) is 0 Å². The Hall–Kier alpha value is -3.45. The topological polar surface area (TPSA) is 75.7 Å². The van der Waals surface area contributed by atoms with Crippen LogP contribution >= 0.6 is 0 Å². The minimum absolute atomic E-state index is 0.229. The van der Waals surface area contributed by atoms with Gasteiger partial charge in [0.1, 0.15) is 5.75 Å². The number of carbonyl (C=O) groups excluding carboxylic acids is 2. The number of hydrogen-bond donors (Lipinski definition) is 1. The Morgan fingerprint density at radius 3 is 2.47 bits per heavy atom. The summed E-state index contributed by atoms with van der Waals surface area (Å²) in [6.45, 7) is 2.24. The molecule has 1 aliphatic heterocycles. The van der Waals surface area contributed by atoms with Gasteiger partial charge in [0.05, 0.1) is 39.0 Å². The van der Waals surface area contributed by atoms with Crippen LogP contribution in [-0.4, -0.2) is 29.7 Å². The molecule has 3 aromatic rings. The Morgan fingerprint density at radius 2 is 1.77 bits per heavy atom. The Morgan fingerprint density at radius 1 is 1.03 bits per heavy atom. The van der Waals surface area contributed by atoms with E-state index in [9.17, 15) is 13.8 Å². The van der Waals surface area contributed by atoms with Crippen LogP contribution in [0.15, 0.2) is 76.5 Å². The van der Waals surface area contributed by atoms with Crippen molar-refractivity contribution in [2.24, 2.45) is 0 Å². The van der Waals surface area contributed by atoms with Gasteiger partial charge in [0.25, 0.3) is 11.8 Å². The molecule has 1 unspecified atom stereocenters. The van der Waals surface area contributed by atoms with E-state index in [4.69, 9.17) is 4.74 Å². The lowest BCUT2D eigenvalue weighted by molar-refractivity contribution is 0.0982. The summed E-state index contributed by atoms with van der Waals surface area (Å²) < 4.78 is 18.3.